The van der Waals surface area contributed by atoms with E-state index in [-0.39, 0.29) is 17.2 Å². The average molecular weight is 379 g/mol. The van der Waals surface area contributed by atoms with Crippen LogP contribution in [-0.4, -0.2) is 34.1 Å². The monoisotopic (exact) mass is 378 g/mol. The van der Waals surface area contributed by atoms with Crippen molar-refractivity contribution in [2.75, 3.05) is 6.54 Å². The van der Waals surface area contributed by atoms with Gasteiger partial charge in [-0.2, -0.15) is 0 Å². The summed E-state index contributed by atoms with van der Waals surface area (Å²) >= 11 is 0. The highest BCUT2D eigenvalue weighted by molar-refractivity contribution is 5.96. The largest absolute Gasteiger partial charge is 0.387 e. The molecule has 3 N–H and O–H groups in total. The van der Waals surface area contributed by atoms with Gasteiger partial charge in [-0.1, -0.05) is 38.1 Å². The summed E-state index contributed by atoms with van der Waals surface area (Å²) in [5, 5.41) is 15.7. The van der Waals surface area contributed by atoms with Crippen molar-refractivity contribution in [2.45, 2.75) is 69.9 Å². The molecule has 4 nitrogen and oxygen atoms in total. The van der Waals surface area contributed by atoms with Gasteiger partial charge in [-0.15, -0.1) is 0 Å². The lowest BCUT2D eigenvalue weighted by Gasteiger charge is -2.60. The predicted molar refractivity (Wildman–Crippen MR) is 110 cm³/mol. The lowest BCUT2D eigenvalue weighted by Crippen LogP contribution is -2.73. The molecule has 2 heterocycles. The van der Waals surface area contributed by atoms with Gasteiger partial charge in [0.05, 0.1) is 11.3 Å². The number of hydrogen-bond donors (Lipinski definition) is 3. The van der Waals surface area contributed by atoms with Crippen LogP contribution < -0.4 is 5.32 Å². The van der Waals surface area contributed by atoms with Crippen LogP contribution in [0, 0.1) is 12.8 Å². The number of hydrogen-bond acceptors (Lipinski definition) is 3. The second-order valence-corrected chi connectivity index (χ2v) is 9.58. The normalized spacial score (nSPS) is 30.5. The molecule has 1 fully saturated rings. The van der Waals surface area contributed by atoms with Gasteiger partial charge in [0.25, 0.3) is 0 Å². The lowest BCUT2D eigenvalue weighted by molar-refractivity contribution is -0.106. The Labute approximate surface area is 166 Å². The summed E-state index contributed by atoms with van der Waals surface area (Å²) in [6.07, 6.45) is 3.74. The molecule has 2 bridgehead atoms. The summed E-state index contributed by atoms with van der Waals surface area (Å²) in [6, 6.07) is 8.69. The number of aliphatic hydroxyl groups is 1. The maximum absolute atomic E-state index is 12.8. The van der Waals surface area contributed by atoms with Gasteiger partial charge in [0.1, 0.15) is 0 Å². The van der Waals surface area contributed by atoms with Gasteiger partial charge in [-0.3, -0.25) is 4.79 Å². The highest BCUT2D eigenvalue weighted by Gasteiger charge is 2.62. The van der Waals surface area contributed by atoms with E-state index in [0.717, 1.165) is 42.8 Å². The third-order valence-electron chi connectivity index (χ3n) is 7.57. The predicted octanol–water partition coefficient (Wildman–Crippen LogP) is 3.24. The molecule has 1 aromatic carbocycles. The number of H-pyrrole nitrogens is 1. The van der Waals surface area contributed by atoms with Crippen LogP contribution in [0.5, 0.6) is 0 Å². The fourth-order valence-corrected chi connectivity index (χ4v) is 6.21. The van der Waals surface area contributed by atoms with E-state index < -0.39 is 5.60 Å². The van der Waals surface area contributed by atoms with Gasteiger partial charge < -0.3 is 15.4 Å². The summed E-state index contributed by atoms with van der Waals surface area (Å²) in [6.45, 7) is 7.13. The highest BCUT2D eigenvalue weighted by atomic mass is 16.3. The van der Waals surface area contributed by atoms with E-state index in [2.05, 4.69) is 48.4 Å². The van der Waals surface area contributed by atoms with Crippen molar-refractivity contribution in [1.29, 1.82) is 0 Å². The molecule has 0 saturated carbocycles. The van der Waals surface area contributed by atoms with Gasteiger partial charge in [0.2, 0.25) is 0 Å². The smallest absolute Gasteiger partial charge is 0.179 e. The van der Waals surface area contributed by atoms with Gasteiger partial charge in [0, 0.05) is 36.4 Å². The third kappa shape index (κ3) is 2.28. The zero-order chi connectivity index (χ0) is 19.7. The van der Waals surface area contributed by atoms with Gasteiger partial charge >= 0.3 is 0 Å². The molecule has 1 aliphatic heterocycles. The molecule has 1 aromatic heterocycles. The standard InChI is InChI=1S/C24H30N2O2/c1-14(2)10-20(27)22-15(3)17-12-24(28)21-11-16-6-4-5-7-18(16)23(24,8-9-25-21)13-19(17)26-22/h4-7,14,21,25-26,28H,8-13H2,1-3H3/t21-,23+,24+/m0/s1. The first-order valence-corrected chi connectivity index (χ1v) is 10.6. The van der Waals surface area contributed by atoms with E-state index in [1.54, 1.807) is 0 Å². The SMILES string of the molecule is Cc1c(C(=O)CC(C)C)[nH]c2c1C[C@@]1(O)[C@@H]3Cc4ccccc4[C@@]1(CCN3)C2. The fourth-order valence-electron chi connectivity index (χ4n) is 6.21. The van der Waals surface area contributed by atoms with Gasteiger partial charge in [-0.25, -0.2) is 0 Å². The van der Waals surface area contributed by atoms with E-state index in [9.17, 15) is 9.90 Å². The van der Waals surface area contributed by atoms with Crippen LogP contribution in [0.1, 0.15) is 65.1 Å². The number of rotatable bonds is 3. The van der Waals surface area contributed by atoms with Crippen LogP contribution in [0.25, 0.3) is 0 Å². The van der Waals surface area contributed by atoms with Crippen molar-refractivity contribution in [3.05, 3.63) is 57.9 Å². The fraction of sp³-hybridized carbons (Fsp3) is 0.542. The van der Waals surface area contributed by atoms with Crippen LogP contribution in [0.4, 0.5) is 0 Å². The molecule has 3 atom stereocenters. The van der Waals surface area contributed by atoms with Crippen molar-refractivity contribution in [3.8, 4) is 0 Å². The molecule has 3 aliphatic rings. The Morgan fingerprint density at radius 1 is 1.29 bits per heavy atom. The molecule has 0 spiro atoms. The lowest BCUT2D eigenvalue weighted by atomic mass is 9.50. The van der Waals surface area contributed by atoms with Crippen LogP contribution in [0.3, 0.4) is 0 Å². The second-order valence-electron chi connectivity index (χ2n) is 9.58. The minimum atomic E-state index is -0.808. The number of nitrogens with one attached hydrogen (secondary N) is 2. The first-order valence-electron chi connectivity index (χ1n) is 10.6. The molecule has 0 radical (unpaired) electrons. The Kier molecular flexibility index (Phi) is 3.91. The van der Waals surface area contributed by atoms with Crippen molar-refractivity contribution < 1.29 is 9.90 Å². The highest BCUT2D eigenvalue weighted by Crippen LogP contribution is 2.55. The first kappa shape index (κ1) is 18.1. The Morgan fingerprint density at radius 2 is 2.07 bits per heavy atom. The van der Waals surface area contributed by atoms with E-state index in [1.165, 1.54) is 16.7 Å². The third-order valence-corrected chi connectivity index (χ3v) is 7.57. The molecular weight excluding hydrogens is 348 g/mol. The van der Waals surface area contributed by atoms with Crippen LogP contribution in [0.15, 0.2) is 24.3 Å². The van der Waals surface area contributed by atoms with Gasteiger partial charge in [0.15, 0.2) is 5.78 Å². The minimum absolute atomic E-state index is 0.0633. The summed E-state index contributed by atoms with van der Waals surface area (Å²) in [5.74, 6) is 0.531. The van der Waals surface area contributed by atoms with E-state index >= 15 is 0 Å². The summed E-state index contributed by atoms with van der Waals surface area (Å²) in [4.78, 5) is 16.3. The van der Waals surface area contributed by atoms with Crippen LogP contribution in [0.2, 0.25) is 0 Å². The number of carbonyl (C=O) groups is 1. The molecule has 0 unspecified atom stereocenters. The Balaban J connectivity index is 1.65. The quantitative estimate of drug-likeness (QED) is 0.719. The number of piperidine rings is 1. The Bertz CT molecular complexity index is 960. The number of benzene rings is 1. The summed E-state index contributed by atoms with van der Waals surface area (Å²) in [5.41, 5.74) is 5.70. The molecule has 28 heavy (non-hydrogen) atoms. The van der Waals surface area contributed by atoms with E-state index in [0.29, 0.717) is 18.8 Å². The van der Waals surface area contributed by atoms with Gasteiger partial charge in [-0.05, 0) is 54.5 Å². The molecule has 5 rings (SSSR count). The van der Waals surface area contributed by atoms with Crippen LogP contribution >= 0.6 is 0 Å². The molecule has 2 aromatic rings. The summed E-state index contributed by atoms with van der Waals surface area (Å²) < 4.78 is 0. The number of ketones is 1. The first-order chi connectivity index (χ1) is 13.4. The Hall–Kier alpha value is -1.91. The molecule has 2 aliphatic carbocycles. The number of aromatic amines is 1. The molecule has 0 amide bonds. The van der Waals surface area contributed by atoms with Crippen molar-refractivity contribution in [2.24, 2.45) is 5.92 Å². The molecular formula is C24H30N2O2. The van der Waals surface area contributed by atoms with Crippen LogP contribution in [-0.2, 0) is 24.7 Å². The minimum Gasteiger partial charge on any atom is -0.387 e. The average Bonchev–Trinajstić information content (AvgIpc) is 2.94. The van der Waals surface area contributed by atoms with Crippen molar-refractivity contribution in [3.63, 3.8) is 0 Å². The molecule has 4 heteroatoms. The molecule has 148 valence electrons. The second kappa shape index (κ2) is 6.04. The summed E-state index contributed by atoms with van der Waals surface area (Å²) in [7, 11) is 0. The molecule has 1 saturated heterocycles. The number of aromatic nitrogens is 1. The van der Waals surface area contributed by atoms with Crippen molar-refractivity contribution in [1.82, 2.24) is 10.3 Å². The Morgan fingerprint density at radius 3 is 2.86 bits per heavy atom. The van der Waals surface area contributed by atoms with E-state index in [1.807, 2.05) is 6.92 Å². The number of Topliss-reactive ketones (excluding diaryl/α,β-unsaturated/α-hetero) is 1. The maximum Gasteiger partial charge on any atom is 0.179 e. The number of fused-ring (bicyclic) bond motifs is 2. The topological polar surface area (TPSA) is 65.1 Å². The zero-order valence-corrected chi connectivity index (χ0v) is 17.1. The van der Waals surface area contributed by atoms with Crippen molar-refractivity contribution >= 4 is 5.78 Å². The zero-order valence-electron chi connectivity index (χ0n) is 17.1. The maximum atomic E-state index is 12.8. The van der Waals surface area contributed by atoms with E-state index in [4.69, 9.17) is 0 Å². The number of carbonyl (C=O) groups excluding carboxylic acids is 1.